The lowest BCUT2D eigenvalue weighted by Crippen LogP contribution is -2.35. The minimum atomic E-state index is -0.436. The summed E-state index contributed by atoms with van der Waals surface area (Å²) in [5.41, 5.74) is 0.584. The second-order valence-corrected chi connectivity index (χ2v) is 4.66. The lowest BCUT2D eigenvalue weighted by Gasteiger charge is -2.22. The highest BCUT2D eigenvalue weighted by molar-refractivity contribution is 7.09. The van der Waals surface area contributed by atoms with Gasteiger partial charge in [-0.05, 0) is 19.4 Å². The molecule has 0 radical (unpaired) electrons. The fourth-order valence-electron chi connectivity index (χ4n) is 1.81. The van der Waals surface area contributed by atoms with Crippen LogP contribution in [-0.4, -0.2) is 17.6 Å². The van der Waals surface area contributed by atoms with E-state index >= 15 is 0 Å². The monoisotopic (exact) mass is 214 g/mol. The molecule has 2 nitrogen and oxygen atoms in total. The summed E-state index contributed by atoms with van der Waals surface area (Å²) in [6, 6.07) is 0.558. The summed E-state index contributed by atoms with van der Waals surface area (Å²) in [5, 5.41) is 6.35. The lowest BCUT2D eigenvalue weighted by molar-refractivity contribution is 0.398. The van der Waals surface area contributed by atoms with E-state index in [1.807, 2.05) is 5.38 Å². The summed E-state index contributed by atoms with van der Waals surface area (Å²) in [6.45, 7) is 0.681. The maximum Gasteiger partial charge on any atom is 0.132 e. The molecule has 0 bridgehead atoms. The van der Waals surface area contributed by atoms with Crippen LogP contribution in [0.2, 0.25) is 0 Å². The molecule has 1 aliphatic rings. The van der Waals surface area contributed by atoms with Crippen molar-refractivity contribution in [2.75, 3.05) is 6.54 Å². The number of rotatable bonds is 3. The topological polar surface area (TPSA) is 24.9 Å². The van der Waals surface area contributed by atoms with Gasteiger partial charge in [-0.15, -0.1) is 11.3 Å². The molecule has 2 heterocycles. The molecule has 1 aliphatic heterocycles. The van der Waals surface area contributed by atoms with Crippen LogP contribution in [0.3, 0.4) is 0 Å². The van der Waals surface area contributed by atoms with Gasteiger partial charge < -0.3 is 5.32 Å². The molecule has 0 saturated carbocycles. The largest absolute Gasteiger partial charge is 0.314 e. The van der Waals surface area contributed by atoms with Crippen molar-refractivity contribution in [3.8, 4) is 0 Å². The Morgan fingerprint density at radius 1 is 1.57 bits per heavy atom. The molecule has 0 aromatic carbocycles. The number of hydrogen-bond donors (Lipinski definition) is 1. The number of thiazole rings is 1. The molecule has 0 spiro atoms. The SMILES string of the molecule is FCc1csc(CC2CCCCN2)n1. The fraction of sp³-hybridized carbons (Fsp3) is 0.700. The summed E-state index contributed by atoms with van der Waals surface area (Å²) in [4.78, 5) is 4.23. The molecule has 1 aromatic heterocycles. The van der Waals surface area contributed by atoms with Gasteiger partial charge in [-0.3, -0.25) is 0 Å². The minimum absolute atomic E-state index is 0.436. The van der Waals surface area contributed by atoms with E-state index in [1.165, 1.54) is 19.3 Å². The van der Waals surface area contributed by atoms with Crippen LogP contribution in [0.15, 0.2) is 5.38 Å². The Morgan fingerprint density at radius 2 is 2.50 bits per heavy atom. The van der Waals surface area contributed by atoms with E-state index in [0.29, 0.717) is 11.7 Å². The second kappa shape index (κ2) is 4.84. The third-order valence-electron chi connectivity index (χ3n) is 2.57. The highest BCUT2D eigenvalue weighted by atomic mass is 32.1. The quantitative estimate of drug-likeness (QED) is 0.835. The lowest BCUT2D eigenvalue weighted by atomic mass is 10.0. The highest BCUT2D eigenvalue weighted by Crippen LogP contribution is 2.16. The molecule has 78 valence electrons. The first-order chi connectivity index (χ1) is 6.88. The number of hydrogen-bond acceptors (Lipinski definition) is 3. The smallest absolute Gasteiger partial charge is 0.132 e. The Bertz CT molecular complexity index is 281. The van der Waals surface area contributed by atoms with Crippen LogP contribution in [0.4, 0.5) is 4.39 Å². The minimum Gasteiger partial charge on any atom is -0.314 e. The molecule has 0 amide bonds. The van der Waals surface area contributed by atoms with Crippen molar-refractivity contribution in [2.24, 2.45) is 0 Å². The average Bonchev–Trinajstić information content (AvgIpc) is 2.67. The zero-order valence-corrected chi connectivity index (χ0v) is 8.95. The number of nitrogens with zero attached hydrogens (tertiary/aromatic N) is 1. The first kappa shape index (κ1) is 10.1. The molecule has 1 fully saturated rings. The van der Waals surface area contributed by atoms with Crippen molar-refractivity contribution in [1.82, 2.24) is 10.3 Å². The van der Waals surface area contributed by atoms with Crippen molar-refractivity contribution >= 4 is 11.3 Å². The van der Waals surface area contributed by atoms with Gasteiger partial charge in [0.25, 0.3) is 0 Å². The van der Waals surface area contributed by atoms with Crippen LogP contribution in [0, 0.1) is 0 Å². The van der Waals surface area contributed by atoms with E-state index in [2.05, 4.69) is 10.3 Å². The standard InChI is InChI=1S/C10H15FN2S/c11-6-9-7-14-10(13-9)5-8-3-1-2-4-12-8/h7-8,12H,1-6H2. The molecule has 1 N–H and O–H groups in total. The molecular weight excluding hydrogens is 199 g/mol. The Hall–Kier alpha value is -0.480. The Labute approximate surface area is 87.6 Å². The zero-order chi connectivity index (χ0) is 9.80. The number of piperidine rings is 1. The third-order valence-corrected chi connectivity index (χ3v) is 3.49. The molecular formula is C10H15FN2S. The van der Waals surface area contributed by atoms with Crippen LogP contribution in [0.5, 0.6) is 0 Å². The maximum absolute atomic E-state index is 12.2. The van der Waals surface area contributed by atoms with E-state index in [0.717, 1.165) is 18.0 Å². The summed E-state index contributed by atoms with van der Waals surface area (Å²) in [6.07, 6.45) is 4.78. The summed E-state index contributed by atoms with van der Waals surface area (Å²) < 4.78 is 12.2. The number of nitrogens with one attached hydrogen (secondary N) is 1. The van der Waals surface area contributed by atoms with E-state index in [4.69, 9.17) is 0 Å². The third kappa shape index (κ3) is 2.51. The molecule has 0 aliphatic carbocycles. The van der Waals surface area contributed by atoms with Crippen molar-refractivity contribution in [1.29, 1.82) is 0 Å². The number of halogens is 1. The average molecular weight is 214 g/mol. The fourth-order valence-corrected chi connectivity index (χ4v) is 2.67. The van der Waals surface area contributed by atoms with Crippen LogP contribution >= 0.6 is 11.3 Å². The van der Waals surface area contributed by atoms with Gasteiger partial charge in [0.1, 0.15) is 6.67 Å². The van der Waals surface area contributed by atoms with Crippen molar-refractivity contribution in [3.63, 3.8) is 0 Å². The Morgan fingerprint density at radius 3 is 3.14 bits per heavy atom. The van der Waals surface area contributed by atoms with Crippen molar-refractivity contribution in [2.45, 2.75) is 38.4 Å². The van der Waals surface area contributed by atoms with Gasteiger partial charge in [0.2, 0.25) is 0 Å². The van der Waals surface area contributed by atoms with Gasteiger partial charge >= 0.3 is 0 Å². The first-order valence-corrected chi connectivity index (χ1v) is 5.99. The van der Waals surface area contributed by atoms with E-state index in [-0.39, 0.29) is 0 Å². The van der Waals surface area contributed by atoms with Crippen LogP contribution in [0.25, 0.3) is 0 Å². The van der Waals surface area contributed by atoms with E-state index in [9.17, 15) is 4.39 Å². The summed E-state index contributed by atoms with van der Waals surface area (Å²) >= 11 is 1.58. The maximum atomic E-state index is 12.2. The molecule has 1 unspecified atom stereocenters. The molecule has 4 heteroatoms. The van der Waals surface area contributed by atoms with Gasteiger partial charge in [0.05, 0.1) is 10.7 Å². The molecule has 2 rings (SSSR count). The first-order valence-electron chi connectivity index (χ1n) is 5.11. The van der Waals surface area contributed by atoms with Crippen LogP contribution in [0.1, 0.15) is 30.0 Å². The predicted octanol–water partition coefficient (Wildman–Crippen LogP) is 2.30. The van der Waals surface area contributed by atoms with Crippen molar-refractivity contribution < 1.29 is 4.39 Å². The molecule has 14 heavy (non-hydrogen) atoms. The normalized spacial score (nSPS) is 22.5. The van der Waals surface area contributed by atoms with Gasteiger partial charge in [0, 0.05) is 17.8 Å². The van der Waals surface area contributed by atoms with Gasteiger partial charge in [-0.1, -0.05) is 6.42 Å². The van der Waals surface area contributed by atoms with Crippen LogP contribution < -0.4 is 5.32 Å². The van der Waals surface area contributed by atoms with E-state index < -0.39 is 6.67 Å². The van der Waals surface area contributed by atoms with Crippen LogP contribution in [-0.2, 0) is 13.1 Å². The van der Waals surface area contributed by atoms with Gasteiger partial charge in [-0.25, -0.2) is 9.37 Å². The number of aromatic nitrogens is 1. The predicted molar refractivity (Wildman–Crippen MR) is 56.3 cm³/mol. The summed E-state index contributed by atoms with van der Waals surface area (Å²) in [5.74, 6) is 0. The second-order valence-electron chi connectivity index (χ2n) is 3.72. The Balaban J connectivity index is 1.89. The van der Waals surface area contributed by atoms with Gasteiger partial charge in [0.15, 0.2) is 0 Å². The number of alkyl halides is 1. The van der Waals surface area contributed by atoms with Gasteiger partial charge in [-0.2, -0.15) is 0 Å². The molecule has 1 saturated heterocycles. The van der Waals surface area contributed by atoms with Crippen molar-refractivity contribution in [3.05, 3.63) is 16.1 Å². The van der Waals surface area contributed by atoms with E-state index in [1.54, 1.807) is 11.3 Å². The Kier molecular flexibility index (Phi) is 3.48. The molecule has 1 atom stereocenters. The zero-order valence-electron chi connectivity index (χ0n) is 8.13. The highest BCUT2D eigenvalue weighted by Gasteiger charge is 2.14. The molecule has 1 aromatic rings. The summed E-state index contributed by atoms with van der Waals surface area (Å²) in [7, 11) is 0.